The second-order valence-electron chi connectivity index (χ2n) is 9.94. The summed E-state index contributed by atoms with van der Waals surface area (Å²) in [6.45, 7) is 0. The summed E-state index contributed by atoms with van der Waals surface area (Å²) >= 11 is 11.0. The van der Waals surface area contributed by atoms with E-state index in [-0.39, 0.29) is 62.9 Å². The molecule has 0 saturated carbocycles. The van der Waals surface area contributed by atoms with E-state index in [1.54, 1.807) is 0 Å². The van der Waals surface area contributed by atoms with Gasteiger partial charge in [0.05, 0.1) is 0 Å². The summed E-state index contributed by atoms with van der Waals surface area (Å²) in [4.78, 5) is 0. The largest absolute Gasteiger partial charge is 4.00 e. The van der Waals surface area contributed by atoms with Crippen LogP contribution in [0.2, 0.25) is 0 Å². The van der Waals surface area contributed by atoms with Crippen molar-refractivity contribution in [3.63, 3.8) is 0 Å². The van der Waals surface area contributed by atoms with E-state index in [0.717, 1.165) is 4.47 Å². The van der Waals surface area contributed by atoms with Crippen LogP contribution in [0.5, 0.6) is 0 Å². The van der Waals surface area contributed by atoms with Gasteiger partial charge in [0.1, 0.15) is 0 Å². The van der Waals surface area contributed by atoms with Crippen molar-refractivity contribution in [2.24, 2.45) is 0 Å². The van der Waals surface area contributed by atoms with Gasteiger partial charge in [0, 0.05) is 13.4 Å². The normalized spacial score (nSPS) is 17.6. The maximum absolute atomic E-state index is 3.77. The van der Waals surface area contributed by atoms with Crippen LogP contribution in [0.25, 0.3) is 12.2 Å². The Bertz CT molecular complexity index is 1790. The zero-order valence-electron chi connectivity index (χ0n) is 22.5. The van der Waals surface area contributed by atoms with Gasteiger partial charge in [0.2, 0.25) is 0 Å². The summed E-state index contributed by atoms with van der Waals surface area (Å²) < 4.78 is 3.47. The van der Waals surface area contributed by atoms with Crippen molar-refractivity contribution in [1.29, 1.82) is 0 Å². The van der Waals surface area contributed by atoms with E-state index in [4.69, 9.17) is 0 Å². The van der Waals surface area contributed by atoms with Crippen LogP contribution in [0.3, 0.4) is 0 Å². The predicted molar refractivity (Wildman–Crippen MR) is 180 cm³/mol. The van der Waals surface area contributed by atoms with Crippen LogP contribution >= 0.6 is 55.7 Å². The third kappa shape index (κ3) is 6.73. The Hall–Kier alpha value is -1.09. The van der Waals surface area contributed by atoms with E-state index >= 15 is 0 Å². The fourth-order valence-electron chi connectivity index (χ4n) is 5.73. The van der Waals surface area contributed by atoms with E-state index in [1.807, 2.05) is 6.07 Å². The van der Waals surface area contributed by atoms with Gasteiger partial charge in [-0.05, 0) is 30.7 Å². The van der Waals surface area contributed by atoms with E-state index in [1.165, 1.54) is 58.2 Å². The molecule has 0 aromatic heterocycles. The van der Waals surface area contributed by atoms with Gasteiger partial charge in [-0.15, -0.1) is 17.2 Å². The van der Waals surface area contributed by atoms with Crippen molar-refractivity contribution in [3.8, 4) is 0 Å². The van der Waals surface area contributed by atoms with E-state index in [2.05, 4.69) is 175 Å². The number of benzene rings is 5. The first-order valence-corrected chi connectivity index (χ1v) is 16.8. The summed E-state index contributed by atoms with van der Waals surface area (Å²) in [5.41, 5.74) is 7.93. The molecule has 0 nitrogen and oxygen atoms in total. The first-order chi connectivity index (χ1) is 19.6. The molecule has 5 aromatic carbocycles. The molecular weight excluding hydrogens is 865 g/mol. The van der Waals surface area contributed by atoms with Crippen molar-refractivity contribution in [2.45, 2.75) is 11.8 Å². The van der Waals surface area contributed by atoms with Crippen LogP contribution < -0.4 is 40.7 Å². The first kappa shape index (κ1) is 34.8. The summed E-state index contributed by atoms with van der Waals surface area (Å²) in [7, 11) is -0.567. The van der Waals surface area contributed by atoms with Crippen LogP contribution in [-0.4, -0.2) is 0 Å². The minimum atomic E-state index is -0.567. The SMILES string of the molecule is Brc1ccc(P2c3ccc(cc3)C3[C-]=Cc4c2ccc(Br)c43)cc1.Brc1cccc2c1C(c1ccccc1)[C-]=C2.[Cl-].[Cl-].[Zr+4]. The number of hydrogen-bond acceptors (Lipinski definition) is 0. The van der Waals surface area contributed by atoms with Crippen molar-refractivity contribution in [1.82, 2.24) is 0 Å². The molecule has 210 valence electrons. The predicted octanol–water partition coefficient (Wildman–Crippen LogP) is 3.66. The smallest absolute Gasteiger partial charge is 1.00 e. The maximum Gasteiger partial charge on any atom is 4.00 e. The van der Waals surface area contributed by atoms with Gasteiger partial charge in [0.15, 0.2) is 0 Å². The Labute approximate surface area is 311 Å². The molecule has 2 heterocycles. The molecule has 7 heteroatoms. The quantitative estimate of drug-likeness (QED) is 0.188. The first-order valence-electron chi connectivity index (χ1n) is 13.1. The molecule has 5 aromatic rings. The molecule has 0 radical (unpaired) electrons. The maximum atomic E-state index is 3.77. The zero-order valence-corrected chi connectivity index (χ0v) is 32.2. The molecule has 3 atom stereocenters. The molecule has 2 aliphatic carbocycles. The standard InChI is InChI=1S/C21H12Br2P.C15H10Br.2ClH.Zr/c22-14-3-7-16(8-4-14)24-15-5-1-13(2-6-15)17-9-10-18-20(24)12-11-19(23)21(17)18;16-14-8-4-7-12-9-10-13(15(12)14)11-5-2-1-3-6-11;;;/h1-8,10-12,17H;1-9,13H;2*1H;/q2*-1;;;+4/p-2. The Morgan fingerprint density at radius 1 is 0.535 bits per heavy atom. The number of rotatable bonds is 2. The van der Waals surface area contributed by atoms with Gasteiger partial charge in [-0.1, -0.05) is 167 Å². The number of allylic oxidation sites excluding steroid dienone is 2. The molecule has 2 aliphatic heterocycles. The Balaban J connectivity index is 0.000000197. The second-order valence-corrected chi connectivity index (χ2v) is 14.7. The Kier molecular flexibility index (Phi) is 12.1. The molecule has 0 saturated heterocycles. The topological polar surface area (TPSA) is 0 Å². The molecule has 0 spiro atoms. The van der Waals surface area contributed by atoms with Gasteiger partial charge in [-0.2, -0.15) is 11.1 Å². The number of halogens is 5. The average molecular weight is 887 g/mol. The third-order valence-corrected chi connectivity index (χ3v) is 12.0. The molecule has 0 N–H and O–H groups in total. The Morgan fingerprint density at radius 2 is 1.12 bits per heavy atom. The van der Waals surface area contributed by atoms with Crippen LogP contribution in [0.4, 0.5) is 0 Å². The van der Waals surface area contributed by atoms with Crippen molar-refractivity contribution in [3.05, 3.63) is 168 Å². The van der Waals surface area contributed by atoms with Gasteiger partial charge in [-0.25, -0.2) is 12.2 Å². The van der Waals surface area contributed by atoms with Crippen molar-refractivity contribution >= 4 is 83.8 Å². The van der Waals surface area contributed by atoms with Crippen LogP contribution in [-0.2, 0) is 26.2 Å². The average Bonchev–Trinajstić information content (AvgIpc) is 3.64. The number of hydrogen-bond donors (Lipinski definition) is 0. The van der Waals surface area contributed by atoms with Crippen molar-refractivity contribution < 1.29 is 51.0 Å². The van der Waals surface area contributed by atoms with Gasteiger partial charge in [0.25, 0.3) is 0 Å². The third-order valence-electron chi connectivity index (χ3n) is 7.62. The summed E-state index contributed by atoms with van der Waals surface area (Å²) in [6, 6.07) is 39.2. The van der Waals surface area contributed by atoms with Gasteiger partial charge in [-0.3, -0.25) is 12.2 Å². The van der Waals surface area contributed by atoms with E-state index in [9.17, 15) is 0 Å². The second kappa shape index (κ2) is 15.0. The van der Waals surface area contributed by atoms with Crippen LogP contribution in [0.1, 0.15) is 45.2 Å². The molecule has 9 rings (SSSR count). The Morgan fingerprint density at radius 3 is 1.81 bits per heavy atom. The van der Waals surface area contributed by atoms with Crippen LogP contribution in [0.15, 0.2) is 123 Å². The van der Waals surface area contributed by atoms with Gasteiger partial charge < -0.3 is 24.8 Å². The fourth-order valence-corrected chi connectivity index (χ4v) is 9.58. The summed E-state index contributed by atoms with van der Waals surface area (Å²) in [5, 5.41) is 4.21. The monoisotopic (exact) mass is 882 g/mol. The number of fused-ring (bicyclic) bond motifs is 3. The molecule has 3 unspecified atom stereocenters. The van der Waals surface area contributed by atoms with Crippen molar-refractivity contribution in [2.75, 3.05) is 0 Å². The molecule has 0 fully saturated rings. The molecule has 4 aliphatic rings. The molecule has 43 heavy (non-hydrogen) atoms. The molecule has 0 amide bonds. The van der Waals surface area contributed by atoms with Gasteiger partial charge >= 0.3 is 26.2 Å². The van der Waals surface area contributed by atoms with E-state index < -0.39 is 7.92 Å². The zero-order chi connectivity index (χ0) is 27.2. The minimum absolute atomic E-state index is 0. The fraction of sp³-hybridized carbons (Fsp3) is 0.0556. The molecule has 6 bridgehead atoms. The minimum Gasteiger partial charge on any atom is -1.00 e. The summed E-state index contributed by atoms with van der Waals surface area (Å²) in [5.74, 6) is 0.509. The summed E-state index contributed by atoms with van der Waals surface area (Å²) in [6.07, 6.45) is 11.3. The molecular formula is C36H22Br3Cl2PZr. The van der Waals surface area contributed by atoms with Crippen LogP contribution in [0, 0.1) is 12.2 Å². The van der Waals surface area contributed by atoms with E-state index in [0.29, 0.717) is 0 Å².